The first-order valence-corrected chi connectivity index (χ1v) is 9.25. The molecule has 136 valence electrons. The summed E-state index contributed by atoms with van der Waals surface area (Å²) in [5.74, 6) is 0. The SMILES string of the molecule is O=S(=O)(NCCN1CCCC[C@H]1CO)c1ccccc1C(F)(F)F. The van der Waals surface area contributed by atoms with E-state index in [-0.39, 0.29) is 19.2 Å². The molecule has 1 aromatic carbocycles. The Kier molecular flexibility index (Phi) is 6.24. The molecular formula is C15H21F3N2O3S. The van der Waals surface area contributed by atoms with Gasteiger partial charge in [0.2, 0.25) is 10.0 Å². The van der Waals surface area contributed by atoms with E-state index in [1.54, 1.807) is 0 Å². The van der Waals surface area contributed by atoms with Crippen molar-refractivity contribution in [1.29, 1.82) is 0 Å². The van der Waals surface area contributed by atoms with Crippen molar-refractivity contribution in [3.05, 3.63) is 29.8 Å². The van der Waals surface area contributed by atoms with E-state index in [0.29, 0.717) is 6.54 Å². The standard InChI is InChI=1S/C15H21F3N2O3S/c16-15(17,18)13-6-1-2-7-14(13)24(22,23)19-8-10-20-9-4-3-5-12(20)11-21/h1-2,6-7,12,19,21H,3-5,8-11H2/t12-/m0/s1. The number of nitrogens with one attached hydrogen (secondary N) is 1. The molecule has 0 unspecified atom stereocenters. The molecule has 1 aliphatic rings. The van der Waals surface area contributed by atoms with E-state index in [2.05, 4.69) is 4.72 Å². The highest BCUT2D eigenvalue weighted by molar-refractivity contribution is 7.89. The van der Waals surface area contributed by atoms with Crippen molar-refractivity contribution in [2.75, 3.05) is 26.2 Å². The second kappa shape index (κ2) is 7.81. The number of nitrogens with zero attached hydrogens (tertiary/aromatic N) is 1. The van der Waals surface area contributed by atoms with Crippen LogP contribution in [0.15, 0.2) is 29.2 Å². The first-order chi connectivity index (χ1) is 11.3. The Morgan fingerprint density at radius 2 is 1.96 bits per heavy atom. The van der Waals surface area contributed by atoms with Crippen LogP contribution in [-0.4, -0.2) is 50.7 Å². The summed E-state index contributed by atoms with van der Waals surface area (Å²) in [5.41, 5.74) is -1.18. The van der Waals surface area contributed by atoms with Crippen LogP contribution in [0.2, 0.25) is 0 Å². The van der Waals surface area contributed by atoms with E-state index in [9.17, 15) is 26.7 Å². The quantitative estimate of drug-likeness (QED) is 0.806. The molecule has 1 saturated heterocycles. The van der Waals surface area contributed by atoms with Gasteiger partial charge in [-0.25, -0.2) is 13.1 Å². The maximum Gasteiger partial charge on any atom is 0.417 e. The number of halogens is 3. The Morgan fingerprint density at radius 3 is 2.62 bits per heavy atom. The molecule has 0 radical (unpaired) electrons. The molecule has 5 nitrogen and oxygen atoms in total. The fraction of sp³-hybridized carbons (Fsp3) is 0.600. The summed E-state index contributed by atoms with van der Waals surface area (Å²) in [6.07, 6.45) is -1.94. The maximum atomic E-state index is 13.0. The van der Waals surface area contributed by atoms with Crippen LogP contribution in [0.1, 0.15) is 24.8 Å². The largest absolute Gasteiger partial charge is 0.417 e. The van der Waals surface area contributed by atoms with Crippen LogP contribution in [0, 0.1) is 0 Å². The molecule has 1 aromatic rings. The molecule has 1 aliphatic heterocycles. The second-order valence-corrected chi connectivity index (χ2v) is 7.50. The van der Waals surface area contributed by atoms with E-state index >= 15 is 0 Å². The number of likely N-dealkylation sites (tertiary alicyclic amines) is 1. The fourth-order valence-electron chi connectivity index (χ4n) is 2.90. The molecule has 2 N–H and O–H groups in total. The summed E-state index contributed by atoms with van der Waals surface area (Å²) in [5, 5.41) is 9.32. The van der Waals surface area contributed by atoms with E-state index < -0.39 is 26.7 Å². The van der Waals surface area contributed by atoms with Gasteiger partial charge in [-0.3, -0.25) is 4.90 Å². The van der Waals surface area contributed by atoms with Gasteiger partial charge >= 0.3 is 6.18 Å². The van der Waals surface area contributed by atoms with Crippen molar-refractivity contribution in [2.24, 2.45) is 0 Å². The lowest BCUT2D eigenvalue weighted by Crippen LogP contribution is -2.45. The lowest BCUT2D eigenvalue weighted by Gasteiger charge is -2.34. The van der Waals surface area contributed by atoms with Gasteiger partial charge in [0.1, 0.15) is 0 Å². The molecule has 2 rings (SSSR count). The number of hydrogen-bond donors (Lipinski definition) is 2. The summed E-state index contributed by atoms with van der Waals surface area (Å²) >= 11 is 0. The molecule has 0 bridgehead atoms. The van der Waals surface area contributed by atoms with Gasteiger partial charge in [0.25, 0.3) is 0 Å². The topological polar surface area (TPSA) is 69.6 Å². The molecule has 0 aromatic heterocycles. The molecule has 9 heteroatoms. The Bertz CT molecular complexity index is 650. The van der Waals surface area contributed by atoms with Gasteiger partial charge in [0.05, 0.1) is 17.1 Å². The zero-order valence-corrected chi connectivity index (χ0v) is 13.9. The Hall–Kier alpha value is -1.16. The van der Waals surface area contributed by atoms with Crippen LogP contribution in [0.3, 0.4) is 0 Å². The van der Waals surface area contributed by atoms with Crippen molar-refractivity contribution in [1.82, 2.24) is 9.62 Å². The van der Waals surface area contributed by atoms with Crippen molar-refractivity contribution in [2.45, 2.75) is 36.4 Å². The monoisotopic (exact) mass is 366 g/mol. The average Bonchev–Trinajstić information content (AvgIpc) is 2.54. The van der Waals surface area contributed by atoms with Crippen LogP contribution in [-0.2, 0) is 16.2 Å². The summed E-state index contributed by atoms with van der Waals surface area (Å²) in [4.78, 5) is 1.19. The first kappa shape index (κ1) is 19.2. The van der Waals surface area contributed by atoms with Crippen LogP contribution in [0.5, 0.6) is 0 Å². The van der Waals surface area contributed by atoms with Crippen LogP contribution < -0.4 is 4.72 Å². The minimum atomic E-state index is -4.74. The molecule has 24 heavy (non-hydrogen) atoms. The highest BCUT2D eigenvalue weighted by Gasteiger charge is 2.36. The average molecular weight is 366 g/mol. The number of hydrogen-bond acceptors (Lipinski definition) is 4. The van der Waals surface area contributed by atoms with Gasteiger partial charge in [0, 0.05) is 19.1 Å². The highest BCUT2D eigenvalue weighted by Crippen LogP contribution is 2.33. The number of sulfonamides is 1. The Balaban J connectivity index is 2.04. The third-order valence-corrected chi connectivity index (χ3v) is 5.65. The number of rotatable bonds is 6. The molecular weight excluding hydrogens is 345 g/mol. The Morgan fingerprint density at radius 1 is 1.25 bits per heavy atom. The summed E-state index contributed by atoms with van der Waals surface area (Å²) in [7, 11) is -4.26. The smallest absolute Gasteiger partial charge is 0.395 e. The van der Waals surface area contributed by atoms with Crippen LogP contribution in [0.25, 0.3) is 0 Å². The minimum absolute atomic E-state index is 0.00890. The van der Waals surface area contributed by atoms with E-state index in [4.69, 9.17) is 0 Å². The van der Waals surface area contributed by atoms with Crippen molar-refractivity contribution in [3.63, 3.8) is 0 Å². The van der Waals surface area contributed by atoms with Gasteiger partial charge in [-0.15, -0.1) is 0 Å². The third kappa shape index (κ3) is 4.69. The zero-order valence-electron chi connectivity index (χ0n) is 13.1. The number of benzene rings is 1. The summed E-state index contributed by atoms with van der Waals surface area (Å²) < 4.78 is 65.5. The maximum absolute atomic E-state index is 13.0. The van der Waals surface area contributed by atoms with E-state index in [1.165, 1.54) is 6.07 Å². The zero-order chi connectivity index (χ0) is 17.8. The van der Waals surface area contributed by atoms with Gasteiger partial charge < -0.3 is 5.11 Å². The number of alkyl halides is 3. The first-order valence-electron chi connectivity index (χ1n) is 7.76. The molecule has 0 saturated carbocycles. The van der Waals surface area contributed by atoms with Gasteiger partial charge in [-0.1, -0.05) is 18.6 Å². The van der Waals surface area contributed by atoms with Crippen molar-refractivity contribution >= 4 is 10.0 Å². The molecule has 1 atom stereocenters. The molecule has 0 amide bonds. The minimum Gasteiger partial charge on any atom is -0.395 e. The number of aliphatic hydroxyl groups is 1. The van der Waals surface area contributed by atoms with E-state index in [0.717, 1.165) is 44.0 Å². The molecule has 0 aliphatic carbocycles. The number of piperidine rings is 1. The third-order valence-electron chi connectivity index (χ3n) is 4.13. The van der Waals surface area contributed by atoms with Crippen LogP contribution >= 0.6 is 0 Å². The lowest BCUT2D eigenvalue weighted by molar-refractivity contribution is -0.139. The lowest BCUT2D eigenvalue weighted by atomic mass is 10.0. The van der Waals surface area contributed by atoms with Crippen LogP contribution in [0.4, 0.5) is 13.2 Å². The number of aliphatic hydroxyl groups excluding tert-OH is 1. The molecule has 0 spiro atoms. The van der Waals surface area contributed by atoms with Crippen molar-refractivity contribution < 1.29 is 26.7 Å². The molecule has 1 heterocycles. The Labute approximate surface area is 139 Å². The summed E-state index contributed by atoms with van der Waals surface area (Å²) in [6.45, 7) is 1.07. The fourth-order valence-corrected chi connectivity index (χ4v) is 4.14. The molecule has 1 fully saturated rings. The van der Waals surface area contributed by atoms with Gasteiger partial charge in [0.15, 0.2) is 0 Å². The predicted octanol–water partition coefficient (Wildman–Crippen LogP) is 1.83. The second-order valence-electron chi connectivity index (χ2n) is 5.76. The van der Waals surface area contributed by atoms with E-state index in [1.807, 2.05) is 4.90 Å². The predicted molar refractivity (Wildman–Crippen MR) is 82.9 cm³/mol. The summed E-state index contributed by atoms with van der Waals surface area (Å²) in [6, 6.07) is 4.09. The van der Waals surface area contributed by atoms with Gasteiger partial charge in [-0.05, 0) is 31.5 Å². The van der Waals surface area contributed by atoms with Crippen molar-refractivity contribution in [3.8, 4) is 0 Å². The normalized spacial score (nSPS) is 20.2. The van der Waals surface area contributed by atoms with Gasteiger partial charge in [-0.2, -0.15) is 13.2 Å². The highest BCUT2D eigenvalue weighted by atomic mass is 32.2.